The molecule has 1 aliphatic heterocycles. The van der Waals surface area contributed by atoms with Gasteiger partial charge in [0.2, 0.25) is 0 Å². The van der Waals surface area contributed by atoms with E-state index in [0.29, 0.717) is 19.8 Å². The first-order valence-corrected chi connectivity index (χ1v) is 7.33. The highest BCUT2D eigenvalue weighted by Crippen LogP contribution is 2.32. The molecular weight excluding hydrogens is 274 g/mol. The fourth-order valence-electron chi connectivity index (χ4n) is 2.09. The van der Waals surface area contributed by atoms with Crippen LogP contribution in [0.5, 0.6) is 11.5 Å². The predicted molar refractivity (Wildman–Crippen MR) is 77.7 cm³/mol. The van der Waals surface area contributed by atoms with Crippen LogP contribution in [-0.2, 0) is 6.54 Å². The van der Waals surface area contributed by atoms with Crippen molar-refractivity contribution in [3.05, 3.63) is 45.6 Å². The summed E-state index contributed by atoms with van der Waals surface area (Å²) < 4.78 is 11.1. The Labute approximate surface area is 121 Å². The van der Waals surface area contributed by atoms with E-state index in [1.54, 1.807) is 0 Å². The Kier molecular flexibility index (Phi) is 3.60. The molecule has 1 amide bonds. The molecule has 4 nitrogen and oxygen atoms in total. The number of fused-ring (bicyclic) bond motifs is 1. The second kappa shape index (κ2) is 5.54. The number of nitrogens with one attached hydrogen (secondary N) is 1. The highest BCUT2D eigenvalue weighted by molar-refractivity contribution is 7.12. The molecule has 3 rings (SSSR count). The van der Waals surface area contributed by atoms with Crippen molar-refractivity contribution in [1.82, 2.24) is 5.32 Å². The first kappa shape index (κ1) is 13.0. The topological polar surface area (TPSA) is 47.6 Å². The Morgan fingerprint density at radius 1 is 1.30 bits per heavy atom. The third-order valence-electron chi connectivity index (χ3n) is 3.19. The lowest BCUT2D eigenvalue weighted by Crippen LogP contribution is -2.22. The minimum absolute atomic E-state index is 0.0470. The molecule has 20 heavy (non-hydrogen) atoms. The summed E-state index contributed by atoms with van der Waals surface area (Å²) in [4.78, 5) is 12.6. The SMILES string of the molecule is Cc1cc2c(cc1CNC(=O)c1cccs1)OCCO2. The Bertz CT molecular complexity index is 622. The monoisotopic (exact) mass is 289 g/mol. The lowest BCUT2D eigenvalue weighted by Gasteiger charge is -2.20. The summed E-state index contributed by atoms with van der Waals surface area (Å²) in [7, 11) is 0. The second-order valence-corrected chi connectivity index (χ2v) is 5.53. The van der Waals surface area contributed by atoms with Crippen molar-refractivity contribution in [2.75, 3.05) is 13.2 Å². The van der Waals surface area contributed by atoms with Crippen LogP contribution in [-0.4, -0.2) is 19.1 Å². The van der Waals surface area contributed by atoms with Gasteiger partial charge >= 0.3 is 0 Å². The Morgan fingerprint density at radius 2 is 2.05 bits per heavy atom. The van der Waals surface area contributed by atoms with Gasteiger partial charge in [0.15, 0.2) is 11.5 Å². The molecule has 1 aromatic heterocycles. The van der Waals surface area contributed by atoms with Crippen molar-refractivity contribution in [3.63, 3.8) is 0 Å². The second-order valence-electron chi connectivity index (χ2n) is 4.58. The number of carbonyl (C=O) groups excluding carboxylic acids is 1. The molecule has 0 aliphatic carbocycles. The van der Waals surface area contributed by atoms with Crippen molar-refractivity contribution in [2.24, 2.45) is 0 Å². The van der Waals surface area contributed by atoms with E-state index in [4.69, 9.17) is 9.47 Å². The van der Waals surface area contributed by atoms with Crippen LogP contribution in [0.15, 0.2) is 29.6 Å². The van der Waals surface area contributed by atoms with Crippen molar-refractivity contribution in [3.8, 4) is 11.5 Å². The first-order chi connectivity index (χ1) is 9.74. The molecule has 2 heterocycles. The molecule has 1 N–H and O–H groups in total. The zero-order valence-electron chi connectivity index (χ0n) is 11.1. The summed E-state index contributed by atoms with van der Waals surface area (Å²) in [5.41, 5.74) is 2.12. The summed E-state index contributed by atoms with van der Waals surface area (Å²) in [5, 5.41) is 4.82. The third-order valence-corrected chi connectivity index (χ3v) is 4.05. The molecule has 0 bridgehead atoms. The van der Waals surface area contributed by atoms with Gasteiger partial charge in [0.05, 0.1) is 4.88 Å². The molecule has 1 aliphatic rings. The highest BCUT2D eigenvalue weighted by atomic mass is 32.1. The summed E-state index contributed by atoms with van der Waals surface area (Å²) in [5.74, 6) is 1.48. The third kappa shape index (κ3) is 2.63. The van der Waals surface area contributed by atoms with Gasteiger partial charge in [0, 0.05) is 6.54 Å². The van der Waals surface area contributed by atoms with E-state index in [9.17, 15) is 4.79 Å². The molecule has 0 fully saturated rings. The van der Waals surface area contributed by atoms with E-state index in [-0.39, 0.29) is 5.91 Å². The average Bonchev–Trinajstić information content (AvgIpc) is 2.99. The number of aryl methyl sites for hydroxylation is 1. The van der Waals surface area contributed by atoms with Crippen LogP contribution >= 0.6 is 11.3 Å². The number of benzene rings is 1. The van der Waals surface area contributed by atoms with Crippen LogP contribution in [0.3, 0.4) is 0 Å². The number of ether oxygens (including phenoxy) is 2. The number of rotatable bonds is 3. The maximum Gasteiger partial charge on any atom is 0.261 e. The van der Waals surface area contributed by atoms with E-state index in [1.165, 1.54) is 11.3 Å². The van der Waals surface area contributed by atoms with E-state index < -0.39 is 0 Å². The molecule has 0 unspecified atom stereocenters. The molecule has 2 aromatic rings. The molecule has 0 saturated heterocycles. The van der Waals surface area contributed by atoms with Crippen LogP contribution in [0.4, 0.5) is 0 Å². The van der Waals surface area contributed by atoms with Crippen LogP contribution in [0.2, 0.25) is 0 Å². The fraction of sp³-hybridized carbons (Fsp3) is 0.267. The van der Waals surface area contributed by atoms with Gasteiger partial charge in [-0.3, -0.25) is 4.79 Å². The number of carbonyl (C=O) groups is 1. The van der Waals surface area contributed by atoms with Gasteiger partial charge in [-0.15, -0.1) is 11.3 Å². The lowest BCUT2D eigenvalue weighted by atomic mass is 10.1. The van der Waals surface area contributed by atoms with Gasteiger partial charge < -0.3 is 14.8 Å². The summed E-state index contributed by atoms with van der Waals surface area (Å²) in [6.45, 7) is 3.64. The molecule has 0 saturated carbocycles. The fourth-order valence-corrected chi connectivity index (χ4v) is 2.73. The Morgan fingerprint density at radius 3 is 2.75 bits per heavy atom. The molecular formula is C15H15NO3S. The van der Waals surface area contributed by atoms with Gasteiger partial charge in [-0.1, -0.05) is 6.07 Å². The molecule has 0 atom stereocenters. The van der Waals surface area contributed by atoms with Gasteiger partial charge in [0.1, 0.15) is 13.2 Å². The lowest BCUT2D eigenvalue weighted by molar-refractivity contribution is 0.0955. The van der Waals surface area contributed by atoms with Gasteiger partial charge in [0.25, 0.3) is 5.91 Å². The standard InChI is InChI=1S/C15H15NO3S/c1-10-7-12-13(19-5-4-18-12)8-11(10)9-16-15(17)14-3-2-6-20-14/h2-3,6-8H,4-5,9H2,1H3,(H,16,17). The van der Waals surface area contributed by atoms with Gasteiger partial charge in [-0.2, -0.15) is 0 Å². The zero-order chi connectivity index (χ0) is 13.9. The molecule has 1 aromatic carbocycles. The van der Waals surface area contributed by atoms with Crippen molar-refractivity contribution < 1.29 is 14.3 Å². The smallest absolute Gasteiger partial charge is 0.261 e. The minimum Gasteiger partial charge on any atom is -0.486 e. The average molecular weight is 289 g/mol. The summed E-state index contributed by atoms with van der Waals surface area (Å²) in [6.07, 6.45) is 0. The Balaban J connectivity index is 1.73. The van der Waals surface area contributed by atoms with Crippen LogP contribution in [0.25, 0.3) is 0 Å². The van der Waals surface area contributed by atoms with E-state index in [2.05, 4.69) is 5.32 Å². The molecule has 0 spiro atoms. The molecule has 0 radical (unpaired) electrons. The van der Waals surface area contributed by atoms with E-state index in [1.807, 2.05) is 36.6 Å². The first-order valence-electron chi connectivity index (χ1n) is 6.45. The van der Waals surface area contributed by atoms with E-state index in [0.717, 1.165) is 27.5 Å². The maximum atomic E-state index is 11.9. The number of thiophene rings is 1. The number of hydrogen-bond acceptors (Lipinski definition) is 4. The minimum atomic E-state index is -0.0470. The molecule has 104 valence electrons. The number of amides is 1. The van der Waals surface area contributed by atoms with Crippen molar-refractivity contribution >= 4 is 17.2 Å². The van der Waals surface area contributed by atoms with Crippen LogP contribution < -0.4 is 14.8 Å². The quantitative estimate of drug-likeness (QED) is 0.945. The van der Waals surface area contributed by atoms with E-state index >= 15 is 0 Å². The Hall–Kier alpha value is -2.01. The van der Waals surface area contributed by atoms with Crippen molar-refractivity contribution in [2.45, 2.75) is 13.5 Å². The zero-order valence-corrected chi connectivity index (χ0v) is 12.0. The summed E-state index contributed by atoms with van der Waals surface area (Å²) >= 11 is 1.44. The highest BCUT2D eigenvalue weighted by Gasteiger charge is 2.14. The maximum absolute atomic E-state index is 11.9. The van der Waals surface area contributed by atoms with Gasteiger partial charge in [-0.05, 0) is 41.6 Å². The van der Waals surface area contributed by atoms with Crippen molar-refractivity contribution in [1.29, 1.82) is 0 Å². The van der Waals surface area contributed by atoms with Crippen LogP contribution in [0, 0.1) is 6.92 Å². The largest absolute Gasteiger partial charge is 0.486 e. The summed E-state index contributed by atoms with van der Waals surface area (Å²) in [6, 6.07) is 7.59. The predicted octanol–water partition coefficient (Wildman–Crippen LogP) is 2.76. The van der Waals surface area contributed by atoms with Crippen LogP contribution in [0.1, 0.15) is 20.8 Å². The molecule has 5 heteroatoms. The normalized spacial score (nSPS) is 13.1. The van der Waals surface area contributed by atoms with Gasteiger partial charge in [-0.25, -0.2) is 0 Å². The number of hydrogen-bond donors (Lipinski definition) is 1.